The first-order valence-corrected chi connectivity index (χ1v) is 7.01. The first kappa shape index (κ1) is 18.7. The molecule has 0 unspecified atom stereocenters. The van der Waals surface area contributed by atoms with Crippen LogP contribution in [0.4, 0.5) is 0 Å². The molecule has 0 bridgehead atoms. The van der Waals surface area contributed by atoms with Crippen molar-refractivity contribution < 1.29 is 0 Å². The van der Waals surface area contributed by atoms with Crippen LogP contribution >= 0.6 is 0 Å². The maximum atomic E-state index is 3.82. The Balaban J connectivity index is 0.000000486. The Hall–Kier alpha value is -2.28. The zero-order chi connectivity index (χ0) is 16.4. The van der Waals surface area contributed by atoms with Crippen molar-refractivity contribution in [2.24, 2.45) is 0 Å². The van der Waals surface area contributed by atoms with Gasteiger partial charge in [-0.3, -0.25) is 0 Å². The van der Waals surface area contributed by atoms with Crippen LogP contribution in [-0.2, 0) is 0 Å². The fourth-order valence-electron chi connectivity index (χ4n) is 2.08. The molecule has 0 saturated carbocycles. The van der Waals surface area contributed by atoms with Gasteiger partial charge in [0.2, 0.25) is 0 Å². The smallest absolute Gasteiger partial charge is 0.0482 e. The molecule has 21 heavy (non-hydrogen) atoms. The number of hydrogen-bond acceptors (Lipinski definition) is 0. The van der Waals surface area contributed by atoms with Crippen molar-refractivity contribution in [1.29, 1.82) is 0 Å². The number of rotatable bonds is 5. The van der Waals surface area contributed by atoms with E-state index in [1.165, 1.54) is 16.8 Å². The molecule has 0 aromatic carbocycles. The monoisotopic (exact) mass is 281 g/mol. The first-order chi connectivity index (χ1) is 9.98. The van der Waals surface area contributed by atoms with E-state index < -0.39 is 0 Å². The summed E-state index contributed by atoms with van der Waals surface area (Å²) in [5.74, 6) is 0. The fourth-order valence-corrected chi connectivity index (χ4v) is 2.08. The average molecular weight is 281 g/mol. The van der Waals surface area contributed by atoms with E-state index in [4.69, 9.17) is 0 Å². The zero-order valence-corrected chi connectivity index (χ0v) is 13.8. The minimum atomic E-state index is 0.961. The third kappa shape index (κ3) is 4.96. The van der Waals surface area contributed by atoms with Crippen molar-refractivity contribution in [3.63, 3.8) is 0 Å². The van der Waals surface area contributed by atoms with Crippen molar-refractivity contribution in [2.45, 2.75) is 27.7 Å². The summed E-state index contributed by atoms with van der Waals surface area (Å²) in [6.07, 6.45) is 13.4. The summed E-state index contributed by atoms with van der Waals surface area (Å²) in [5, 5.41) is 0. The summed E-state index contributed by atoms with van der Waals surface area (Å²) < 4.78 is 2.07. The summed E-state index contributed by atoms with van der Waals surface area (Å²) in [4.78, 5) is 0. The van der Waals surface area contributed by atoms with Crippen LogP contribution in [0.1, 0.15) is 36.4 Å². The summed E-state index contributed by atoms with van der Waals surface area (Å²) >= 11 is 0. The maximum Gasteiger partial charge on any atom is 0.0482 e. The van der Waals surface area contributed by atoms with Crippen molar-refractivity contribution in [2.75, 3.05) is 0 Å². The van der Waals surface area contributed by atoms with Gasteiger partial charge in [0.25, 0.3) is 0 Å². The highest BCUT2D eigenvalue weighted by Gasteiger charge is 2.10. The standard InChI is InChI=1S/C13H17N.C7H10/c1-6-9-12-10(4)13(7-2)14(8-3)11(12)5;1-4-6-7(3)5-2/h6-9H,2-3H2,1,4-5H3;4-6H,2-3H2,1H3/b9-6+;6-4-. The van der Waals surface area contributed by atoms with Crippen LogP contribution in [-0.4, -0.2) is 4.57 Å². The summed E-state index contributed by atoms with van der Waals surface area (Å²) in [6.45, 7) is 23.0. The minimum absolute atomic E-state index is 0.961. The van der Waals surface area contributed by atoms with Crippen LogP contribution in [0.2, 0.25) is 0 Å². The molecule has 0 fully saturated rings. The van der Waals surface area contributed by atoms with E-state index >= 15 is 0 Å². The summed E-state index contributed by atoms with van der Waals surface area (Å²) in [6, 6.07) is 0. The normalized spacial score (nSPS) is 10.3. The van der Waals surface area contributed by atoms with Gasteiger partial charge >= 0.3 is 0 Å². The zero-order valence-electron chi connectivity index (χ0n) is 13.8. The van der Waals surface area contributed by atoms with Gasteiger partial charge in [-0.2, -0.15) is 0 Å². The lowest BCUT2D eigenvalue weighted by Gasteiger charge is -2.00. The molecule has 0 saturated heterocycles. The van der Waals surface area contributed by atoms with Crippen LogP contribution in [0.15, 0.2) is 56.2 Å². The number of nitrogens with zero attached hydrogens (tertiary/aromatic N) is 1. The van der Waals surface area contributed by atoms with E-state index in [0.29, 0.717) is 0 Å². The number of hydrogen-bond donors (Lipinski definition) is 0. The molecule has 0 radical (unpaired) electrons. The van der Waals surface area contributed by atoms with Crippen molar-refractivity contribution in [3.05, 3.63) is 78.7 Å². The number of aromatic nitrogens is 1. The molecule has 1 aromatic heterocycles. The van der Waals surface area contributed by atoms with Crippen LogP contribution < -0.4 is 0 Å². The van der Waals surface area contributed by atoms with E-state index in [1.807, 2.05) is 38.3 Å². The van der Waals surface area contributed by atoms with Gasteiger partial charge in [-0.25, -0.2) is 0 Å². The highest BCUT2D eigenvalue weighted by Crippen LogP contribution is 2.24. The van der Waals surface area contributed by atoms with Gasteiger partial charge < -0.3 is 4.57 Å². The molecule has 0 N–H and O–H groups in total. The van der Waals surface area contributed by atoms with Crippen LogP contribution in [0.3, 0.4) is 0 Å². The third-order valence-corrected chi connectivity index (χ3v) is 3.15. The van der Waals surface area contributed by atoms with E-state index in [2.05, 4.69) is 56.9 Å². The number of allylic oxidation sites excluding steroid dienone is 5. The Kier molecular flexibility index (Phi) is 8.55. The Labute approximate surface area is 130 Å². The largest absolute Gasteiger partial charge is 0.321 e. The topological polar surface area (TPSA) is 4.93 Å². The minimum Gasteiger partial charge on any atom is -0.321 e. The molecule has 0 aliphatic carbocycles. The SMILES string of the molecule is C=CC(=C)/C=C\C.C=Cc1c(C)c(/C=C/C)c(C)n1C=C. The highest BCUT2D eigenvalue weighted by molar-refractivity contribution is 5.66. The Morgan fingerprint density at radius 1 is 1.05 bits per heavy atom. The molecule has 1 rings (SSSR count). The van der Waals surface area contributed by atoms with Gasteiger partial charge in [-0.15, -0.1) is 0 Å². The van der Waals surface area contributed by atoms with Gasteiger partial charge in [0, 0.05) is 17.6 Å². The molecule has 1 nitrogen and oxygen atoms in total. The van der Waals surface area contributed by atoms with Gasteiger partial charge in [0.15, 0.2) is 0 Å². The fraction of sp³-hybridized carbons (Fsp3) is 0.200. The van der Waals surface area contributed by atoms with Gasteiger partial charge in [-0.05, 0) is 50.5 Å². The second-order valence-electron chi connectivity index (χ2n) is 4.55. The van der Waals surface area contributed by atoms with Gasteiger partial charge in [-0.1, -0.05) is 56.7 Å². The Morgan fingerprint density at radius 3 is 1.95 bits per heavy atom. The average Bonchev–Trinajstić information content (AvgIpc) is 2.71. The van der Waals surface area contributed by atoms with E-state index in [9.17, 15) is 0 Å². The van der Waals surface area contributed by atoms with Crippen LogP contribution in [0, 0.1) is 13.8 Å². The molecular formula is C20H27N. The molecule has 1 heterocycles. The molecule has 0 spiro atoms. The third-order valence-electron chi connectivity index (χ3n) is 3.15. The van der Waals surface area contributed by atoms with Gasteiger partial charge in [0.05, 0.1) is 0 Å². The Morgan fingerprint density at radius 2 is 1.67 bits per heavy atom. The molecule has 0 aliphatic heterocycles. The van der Waals surface area contributed by atoms with E-state index in [1.54, 1.807) is 6.08 Å². The van der Waals surface area contributed by atoms with Crippen molar-refractivity contribution >= 4 is 18.4 Å². The second-order valence-corrected chi connectivity index (χ2v) is 4.55. The maximum absolute atomic E-state index is 3.82. The lowest BCUT2D eigenvalue weighted by atomic mass is 10.1. The summed E-state index contributed by atoms with van der Waals surface area (Å²) in [5.41, 5.74) is 5.83. The molecule has 0 aliphatic rings. The van der Waals surface area contributed by atoms with Crippen molar-refractivity contribution in [1.82, 2.24) is 4.57 Å². The predicted octanol–water partition coefficient (Wildman–Crippen LogP) is 6.19. The molecule has 1 heteroatoms. The predicted molar refractivity (Wildman–Crippen MR) is 99.2 cm³/mol. The van der Waals surface area contributed by atoms with E-state index in [0.717, 1.165) is 11.3 Å². The Bertz CT molecular complexity index is 546. The highest BCUT2D eigenvalue weighted by atomic mass is 15.0. The lowest BCUT2D eigenvalue weighted by Crippen LogP contribution is -1.91. The van der Waals surface area contributed by atoms with Crippen LogP contribution in [0.5, 0.6) is 0 Å². The quantitative estimate of drug-likeness (QED) is 0.567. The second kappa shape index (κ2) is 9.60. The van der Waals surface area contributed by atoms with Crippen LogP contribution in [0.25, 0.3) is 18.4 Å². The van der Waals surface area contributed by atoms with Crippen molar-refractivity contribution in [3.8, 4) is 0 Å². The van der Waals surface area contributed by atoms with Gasteiger partial charge in [0.1, 0.15) is 0 Å². The first-order valence-electron chi connectivity index (χ1n) is 7.01. The lowest BCUT2D eigenvalue weighted by molar-refractivity contribution is 1.07. The summed E-state index contributed by atoms with van der Waals surface area (Å²) in [7, 11) is 0. The molecule has 0 atom stereocenters. The molecule has 1 aromatic rings. The molecule has 112 valence electrons. The van der Waals surface area contributed by atoms with E-state index in [-0.39, 0.29) is 0 Å². The molecule has 0 amide bonds. The molecular weight excluding hydrogens is 254 g/mol.